The summed E-state index contributed by atoms with van der Waals surface area (Å²) in [6.45, 7) is 2.54. The van der Waals surface area contributed by atoms with E-state index in [1.165, 1.54) is 4.88 Å². The summed E-state index contributed by atoms with van der Waals surface area (Å²) in [5, 5.41) is 3.90. The van der Waals surface area contributed by atoms with Crippen molar-refractivity contribution in [1.29, 1.82) is 0 Å². The Morgan fingerprint density at radius 2 is 2.35 bits per heavy atom. The van der Waals surface area contributed by atoms with Crippen molar-refractivity contribution in [3.63, 3.8) is 0 Å². The molecule has 1 saturated carbocycles. The Hall–Kier alpha value is -0.940. The lowest BCUT2D eigenvalue weighted by atomic mass is 9.84. The first kappa shape index (κ1) is 12.5. The van der Waals surface area contributed by atoms with Gasteiger partial charge in [0.25, 0.3) is 0 Å². The number of amides is 1. The topological polar surface area (TPSA) is 68.0 Å². The highest BCUT2D eigenvalue weighted by atomic mass is 32.1. The minimum atomic E-state index is -0.00944. The molecule has 0 aromatic carbocycles. The summed E-state index contributed by atoms with van der Waals surface area (Å²) < 4.78 is 0. The van der Waals surface area contributed by atoms with Gasteiger partial charge in [-0.2, -0.15) is 0 Å². The molecule has 17 heavy (non-hydrogen) atoms. The predicted molar refractivity (Wildman–Crippen MR) is 68.6 cm³/mol. The fraction of sp³-hybridized carbons (Fsp3) is 0.667. The SMILES string of the molecule is Cc1cnc(CNC(=O)C2CCCCC2N)s1. The third-order valence-electron chi connectivity index (χ3n) is 3.24. The summed E-state index contributed by atoms with van der Waals surface area (Å²) in [6.07, 6.45) is 5.98. The summed E-state index contributed by atoms with van der Waals surface area (Å²) >= 11 is 1.62. The second-order valence-corrected chi connectivity index (χ2v) is 5.96. The summed E-state index contributed by atoms with van der Waals surface area (Å²) in [7, 11) is 0. The lowest BCUT2D eigenvalue weighted by Crippen LogP contribution is -2.43. The number of nitrogens with two attached hydrogens (primary N) is 1. The summed E-state index contributed by atoms with van der Waals surface area (Å²) in [5.74, 6) is 0.0786. The normalized spacial score (nSPS) is 24.6. The number of hydrogen-bond donors (Lipinski definition) is 2. The second-order valence-electron chi connectivity index (χ2n) is 4.64. The van der Waals surface area contributed by atoms with Gasteiger partial charge >= 0.3 is 0 Å². The molecule has 5 heteroatoms. The number of rotatable bonds is 3. The molecular weight excluding hydrogens is 234 g/mol. The lowest BCUT2D eigenvalue weighted by molar-refractivity contribution is -0.126. The van der Waals surface area contributed by atoms with E-state index in [4.69, 9.17) is 5.73 Å². The van der Waals surface area contributed by atoms with Gasteiger partial charge in [-0.3, -0.25) is 4.79 Å². The first-order valence-corrected chi connectivity index (χ1v) is 6.93. The molecule has 2 atom stereocenters. The molecule has 0 saturated heterocycles. The summed E-state index contributed by atoms with van der Waals surface area (Å²) in [4.78, 5) is 17.4. The molecule has 1 amide bonds. The van der Waals surface area contributed by atoms with Gasteiger partial charge in [-0.05, 0) is 19.8 Å². The van der Waals surface area contributed by atoms with E-state index in [9.17, 15) is 4.79 Å². The zero-order valence-electron chi connectivity index (χ0n) is 10.1. The molecule has 1 aromatic rings. The Morgan fingerprint density at radius 1 is 1.59 bits per heavy atom. The molecule has 1 aliphatic rings. The second kappa shape index (κ2) is 5.60. The molecule has 0 aliphatic heterocycles. The Kier molecular flexibility index (Phi) is 4.12. The van der Waals surface area contributed by atoms with E-state index in [1.54, 1.807) is 11.3 Å². The standard InChI is InChI=1S/C12H19N3OS/c1-8-6-14-11(17-8)7-15-12(16)9-4-2-3-5-10(9)13/h6,9-10H,2-5,7,13H2,1H3,(H,15,16). The lowest BCUT2D eigenvalue weighted by Gasteiger charge is -2.27. The van der Waals surface area contributed by atoms with Crippen molar-refractivity contribution >= 4 is 17.2 Å². The van der Waals surface area contributed by atoms with Gasteiger partial charge in [0, 0.05) is 17.1 Å². The largest absolute Gasteiger partial charge is 0.349 e. The van der Waals surface area contributed by atoms with Crippen LogP contribution in [-0.4, -0.2) is 16.9 Å². The zero-order valence-corrected chi connectivity index (χ0v) is 10.9. The monoisotopic (exact) mass is 253 g/mol. The number of thiazole rings is 1. The van der Waals surface area contributed by atoms with Crippen LogP contribution in [0.3, 0.4) is 0 Å². The molecule has 4 nitrogen and oxygen atoms in total. The highest BCUT2D eigenvalue weighted by molar-refractivity contribution is 7.11. The van der Waals surface area contributed by atoms with Crippen molar-refractivity contribution in [2.75, 3.05) is 0 Å². The summed E-state index contributed by atoms with van der Waals surface area (Å²) in [5.41, 5.74) is 5.98. The smallest absolute Gasteiger partial charge is 0.225 e. The van der Waals surface area contributed by atoms with Crippen LogP contribution in [0.1, 0.15) is 35.6 Å². The van der Waals surface area contributed by atoms with Gasteiger partial charge in [0.15, 0.2) is 0 Å². The number of nitrogens with one attached hydrogen (secondary N) is 1. The van der Waals surface area contributed by atoms with Crippen LogP contribution in [0.25, 0.3) is 0 Å². The van der Waals surface area contributed by atoms with Crippen LogP contribution in [0.5, 0.6) is 0 Å². The van der Waals surface area contributed by atoms with Crippen LogP contribution in [0.15, 0.2) is 6.20 Å². The average molecular weight is 253 g/mol. The van der Waals surface area contributed by atoms with E-state index in [1.807, 2.05) is 13.1 Å². The Morgan fingerprint density at radius 3 is 3.00 bits per heavy atom. The van der Waals surface area contributed by atoms with Crippen molar-refractivity contribution in [3.05, 3.63) is 16.1 Å². The molecule has 1 heterocycles. The fourth-order valence-corrected chi connectivity index (χ4v) is 2.99. The van der Waals surface area contributed by atoms with E-state index in [2.05, 4.69) is 10.3 Å². The molecule has 1 aliphatic carbocycles. The molecule has 3 N–H and O–H groups in total. The zero-order chi connectivity index (χ0) is 12.3. The number of nitrogens with zero attached hydrogens (tertiary/aromatic N) is 1. The van der Waals surface area contributed by atoms with E-state index < -0.39 is 0 Å². The first-order chi connectivity index (χ1) is 8.16. The molecular formula is C12H19N3OS. The fourth-order valence-electron chi connectivity index (χ4n) is 2.26. The Balaban J connectivity index is 1.84. The van der Waals surface area contributed by atoms with Crippen molar-refractivity contribution in [3.8, 4) is 0 Å². The van der Waals surface area contributed by atoms with Gasteiger partial charge in [0.2, 0.25) is 5.91 Å². The van der Waals surface area contributed by atoms with Gasteiger partial charge < -0.3 is 11.1 Å². The highest BCUT2D eigenvalue weighted by Crippen LogP contribution is 2.23. The van der Waals surface area contributed by atoms with Gasteiger partial charge in [-0.25, -0.2) is 4.98 Å². The van der Waals surface area contributed by atoms with E-state index in [0.29, 0.717) is 6.54 Å². The van der Waals surface area contributed by atoms with Crippen LogP contribution in [0.2, 0.25) is 0 Å². The molecule has 0 radical (unpaired) electrons. The van der Waals surface area contributed by atoms with Crippen molar-refractivity contribution in [2.24, 2.45) is 11.7 Å². The van der Waals surface area contributed by atoms with Crippen LogP contribution >= 0.6 is 11.3 Å². The maximum atomic E-state index is 12.0. The summed E-state index contributed by atoms with van der Waals surface area (Å²) in [6, 6.07) is 0.0294. The minimum absolute atomic E-state index is 0.00944. The number of carbonyl (C=O) groups excluding carboxylic acids is 1. The van der Waals surface area contributed by atoms with Gasteiger partial charge in [0.1, 0.15) is 5.01 Å². The minimum Gasteiger partial charge on any atom is -0.349 e. The van der Waals surface area contributed by atoms with E-state index >= 15 is 0 Å². The highest BCUT2D eigenvalue weighted by Gasteiger charge is 2.27. The number of aryl methyl sites for hydroxylation is 1. The van der Waals surface area contributed by atoms with Crippen LogP contribution in [0, 0.1) is 12.8 Å². The van der Waals surface area contributed by atoms with Crippen LogP contribution in [0.4, 0.5) is 0 Å². The molecule has 2 unspecified atom stereocenters. The molecule has 0 bridgehead atoms. The van der Waals surface area contributed by atoms with E-state index in [-0.39, 0.29) is 17.9 Å². The van der Waals surface area contributed by atoms with Crippen LogP contribution in [-0.2, 0) is 11.3 Å². The van der Waals surface area contributed by atoms with E-state index in [0.717, 1.165) is 30.7 Å². The maximum Gasteiger partial charge on any atom is 0.225 e. The Labute approximate surface area is 106 Å². The maximum absolute atomic E-state index is 12.0. The molecule has 2 rings (SSSR count). The number of hydrogen-bond acceptors (Lipinski definition) is 4. The van der Waals surface area contributed by atoms with Crippen molar-refractivity contribution in [1.82, 2.24) is 10.3 Å². The molecule has 94 valence electrons. The third-order valence-corrected chi connectivity index (χ3v) is 4.15. The van der Waals surface area contributed by atoms with Gasteiger partial charge in [-0.1, -0.05) is 12.8 Å². The Bertz CT molecular complexity index is 391. The predicted octanol–water partition coefficient (Wildman–Crippen LogP) is 1.59. The first-order valence-electron chi connectivity index (χ1n) is 6.11. The molecule has 1 aromatic heterocycles. The quantitative estimate of drug-likeness (QED) is 0.859. The van der Waals surface area contributed by atoms with Gasteiger partial charge in [0.05, 0.1) is 12.5 Å². The third kappa shape index (κ3) is 3.26. The van der Waals surface area contributed by atoms with Gasteiger partial charge in [-0.15, -0.1) is 11.3 Å². The van der Waals surface area contributed by atoms with Crippen molar-refractivity contribution < 1.29 is 4.79 Å². The molecule has 1 fully saturated rings. The average Bonchev–Trinajstić information content (AvgIpc) is 2.73. The number of carbonyl (C=O) groups is 1. The molecule has 0 spiro atoms. The van der Waals surface area contributed by atoms with Crippen LogP contribution < -0.4 is 11.1 Å². The van der Waals surface area contributed by atoms with Crippen molar-refractivity contribution in [2.45, 2.75) is 45.2 Å². The number of aromatic nitrogens is 1.